The van der Waals surface area contributed by atoms with E-state index in [0.717, 1.165) is 22.3 Å². The van der Waals surface area contributed by atoms with Gasteiger partial charge in [0.25, 0.3) is 0 Å². The van der Waals surface area contributed by atoms with Crippen LogP contribution >= 0.6 is 0 Å². The highest BCUT2D eigenvalue weighted by molar-refractivity contribution is 5.58. The molecule has 2 aromatic carbocycles. The smallest absolute Gasteiger partial charge is 0.122 e. The van der Waals surface area contributed by atoms with Crippen LogP contribution in [-0.4, -0.2) is 10.2 Å². The van der Waals surface area contributed by atoms with Gasteiger partial charge in [-0.1, -0.05) is 50.8 Å². The fourth-order valence-corrected chi connectivity index (χ4v) is 2.57. The van der Waals surface area contributed by atoms with Gasteiger partial charge in [-0.15, -0.1) is 6.58 Å². The largest absolute Gasteiger partial charge is 0.508 e. The summed E-state index contributed by atoms with van der Waals surface area (Å²) < 4.78 is 0. The molecule has 0 unspecified atom stereocenters. The molecule has 0 atom stereocenters. The van der Waals surface area contributed by atoms with Crippen molar-refractivity contribution in [3.8, 4) is 11.5 Å². The summed E-state index contributed by atoms with van der Waals surface area (Å²) in [6, 6.07) is 11.2. The monoisotopic (exact) mass is 294 g/mol. The van der Waals surface area contributed by atoms with E-state index in [1.165, 1.54) is 0 Å². The van der Waals surface area contributed by atoms with E-state index in [4.69, 9.17) is 0 Å². The molecule has 0 fully saturated rings. The van der Waals surface area contributed by atoms with Gasteiger partial charge < -0.3 is 10.2 Å². The molecule has 0 aliphatic carbocycles. The number of phenols is 2. The van der Waals surface area contributed by atoms with Crippen LogP contribution in [0.2, 0.25) is 0 Å². The third-order valence-corrected chi connectivity index (χ3v) is 4.13. The van der Waals surface area contributed by atoms with E-state index in [0.29, 0.717) is 6.42 Å². The number of hydrogen-bond donors (Lipinski definition) is 2. The van der Waals surface area contributed by atoms with Gasteiger partial charge in [0.15, 0.2) is 0 Å². The van der Waals surface area contributed by atoms with Crippen LogP contribution in [-0.2, 0) is 11.8 Å². The Bertz CT molecular complexity index is 712. The minimum atomic E-state index is -0.255. The highest BCUT2D eigenvalue weighted by Crippen LogP contribution is 2.36. The molecule has 22 heavy (non-hydrogen) atoms. The molecule has 0 aliphatic heterocycles. The van der Waals surface area contributed by atoms with Gasteiger partial charge in [0.1, 0.15) is 11.5 Å². The molecule has 2 aromatic rings. The molecule has 2 N–H and O–H groups in total. The van der Waals surface area contributed by atoms with Crippen LogP contribution in [0.15, 0.2) is 55.6 Å². The first kappa shape index (κ1) is 15.9. The van der Waals surface area contributed by atoms with Crippen molar-refractivity contribution < 1.29 is 10.2 Å². The normalized spacial score (nSPS) is 11.2. The summed E-state index contributed by atoms with van der Waals surface area (Å²) in [5, 5.41) is 19.7. The second-order valence-corrected chi connectivity index (χ2v) is 5.94. The van der Waals surface area contributed by atoms with Crippen LogP contribution in [0.1, 0.15) is 36.1 Å². The second-order valence-electron chi connectivity index (χ2n) is 5.94. The van der Waals surface area contributed by atoms with Crippen molar-refractivity contribution in [1.29, 1.82) is 0 Å². The highest BCUT2D eigenvalue weighted by Gasteiger charge is 2.24. The molecular weight excluding hydrogens is 272 g/mol. The lowest BCUT2D eigenvalue weighted by molar-refractivity contribution is 0.468. The van der Waals surface area contributed by atoms with Crippen LogP contribution in [0, 0.1) is 0 Å². The van der Waals surface area contributed by atoms with Crippen molar-refractivity contribution >= 4 is 6.08 Å². The maximum atomic E-state index is 9.93. The van der Waals surface area contributed by atoms with Gasteiger partial charge in [-0.25, -0.2) is 0 Å². The summed E-state index contributed by atoms with van der Waals surface area (Å²) in [5.41, 5.74) is 3.51. The first-order valence-electron chi connectivity index (χ1n) is 7.29. The molecule has 2 heteroatoms. The average molecular weight is 294 g/mol. The lowest BCUT2D eigenvalue weighted by Gasteiger charge is -2.27. The summed E-state index contributed by atoms with van der Waals surface area (Å²) in [6.45, 7) is 11.7. The van der Waals surface area contributed by atoms with Gasteiger partial charge in [-0.3, -0.25) is 0 Å². The molecule has 0 aromatic heterocycles. The van der Waals surface area contributed by atoms with Crippen LogP contribution in [0.5, 0.6) is 11.5 Å². The van der Waals surface area contributed by atoms with Crippen LogP contribution in [0.4, 0.5) is 0 Å². The minimum Gasteiger partial charge on any atom is -0.508 e. The molecule has 2 nitrogen and oxygen atoms in total. The van der Waals surface area contributed by atoms with Crippen LogP contribution in [0.25, 0.3) is 6.08 Å². The molecule has 0 amide bonds. The quantitative estimate of drug-likeness (QED) is 0.778. The standard InChI is InChI=1S/C20H22O2/c1-5-7-15-13-17(9-11-19(15)22)20(3,4)16-8-10-18(21)14(6-2)12-16/h5-6,8-13,21-22H,1-2,7H2,3-4H3. The zero-order valence-electron chi connectivity index (χ0n) is 13.1. The number of allylic oxidation sites excluding steroid dienone is 1. The predicted molar refractivity (Wildman–Crippen MR) is 92.3 cm³/mol. The van der Waals surface area contributed by atoms with Gasteiger partial charge in [-0.2, -0.15) is 0 Å². The van der Waals surface area contributed by atoms with Gasteiger partial charge in [-0.05, 0) is 41.3 Å². The molecule has 2 rings (SSSR count). The molecule has 0 bridgehead atoms. The summed E-state index contributed by atoms with van der Waals surface area (Å²) in [6.07, 6.45) is 4.06. The fraction of sp³-hybridized carbons (Fsp3) is 0.200. The fourth-order valence-electron chi connectivity index (χ4n) is 2.57. The molecular formula is C20H22O2. The molecule has 114 valence electrons. The Morgan fingerprint density at radius 1 is 0.955 bits per heavy atom. The second kappa shape index (κ2) is 6.10. The summed E-state index contributed by atoms with van der Waals surface area (Å²) >= 11 is 0. The zero-order valence-corrected chi connectivity index (χ0v) is 13.1. The number of aromatic hydroxyl groups is 2. The van der Waals surface area contributed by atoms with Crippen molar-refractivity contribution in [2.75, 3.05) is 0 Å². The Labute approximate surface area is 132 Å². The van der Waals surface area contributed by atoms with E-state index in [2.05, 4.69) is 27.0 Å². The van der Waals surface area contributed by atoms with E-state index in [1.54, 1.807) is 24.3 Å². The van der Waals surface area contributed by atoms with E-state index in [-0.39, 0.29) is 16.9 Å². The van der Waals surface area contributed by atoms with Crippen molar-refractivity contribution in [2.45, 2.75) is 25.7 Å². The first-order chi connectivity index (χ1) is 10.4. The Morgan fingerprint density at radius 3 is 2.14 bits per heavy atom. The lowest BCUT2D eigenvalue weighted by atomic mass is 9.77. The predicted octanol–water partition coefficient (Wildman–Crippen LogP) is 4.80. The zero-order chi connectivity index (χ0) is 16.3. The van der Waals surface area contributed by atoms with Gasteiger partial charge in [0, 0.05) is 11.0 Å². The molecule has 0 spiro atoms. The van der Waals surface area contributed by atoms with Gasteiger partial charge in [0.2, 0.25) is 0 Å². The van der Waals surface area contributed by atoms with Gasteiger partial charge in [0.05, 0.1) is 0 Å². The lowest BCUT2D eigenvalue weighted by Crippen LogP contribution is -2.19. The molecule has 0 saturated heterocycles. The minimum absolute atomic E-state index is 0.229. The van der Waals surface area contributed by atoms with Crippen molar-refractivity contribution in [1.82, 2.24) is 0 Å². The average Bonchev–Trinajstić information content (AvgIpc) is 2.49. The third-order valence-electron chi connectivity index (χ3n) is 4.13. The van der Waals surface area contributed by atoms with E-state index < -0.39 is 0 Å². The Balaban J connectivity index is 2.52. The van der Waals surface area contributed by atoms with Gasteiger partial charge >= 0.3 is 0 Å². The number of rotatable bonds is 5. The Hall–Kier alpha value is -2.48. The molecule has 0 aliphatic rings. The molecule has 0 heterocycles. The van der Waals surface area contributed by atoms with E-state index >= 15 is 0 Å². The number of benzene rings is 2. The molecule has 0 radical (unpaired) electrons. The number of hydrogen-bond acceptors (Lipinski definition) is 2. The van der Waals surface area contributed by atoms with Crippen molar-refractivity contribution in [2.24, 2.45) is 0 Å². The van der Waals surface area contributed by atoms with Crippen molar-refractivity contribution in [3.05, 3.63) is 77.9 Å². The summed E-state index contributed by atoms with van der Waals surface area (Å²) in [5.74, 6) is 0.518. The topological polar surface area (TPSA) is 40.5 Å². The Kier molecular flexibility index (Phi) is 4.41. The SMILES string of the molecule is C=CCc1cc(C(C)(C)c2ccc(O)c(C=C)c2)ccc1O. The first-order valence-corrected chi connectivity index (χ1v) is 7.29. The van der Waals surface area contributed by atoms with E-state index in [1.807, 2.05) is 24.3 Å². The Morgan fingerprint density at radius 2 is 1.55 bits per heavy atom. The third kappa shape index (κ3) is 2.91. The van der Waals surface area contributed by atoms with Crippen LogP contribution < -0.4 is 0 Å². The van der Waals surface area contributed by atoms with Crippen molar-refractivity contribution in [3.63, 3.8) is 0 Å². The van der Waals surface area contributed by atoms with Crippen LogP contribution in [0.3, 0.4) is 0 Å². The molecule has 0 saturated carbocycles. The highest BCUT2D eigenvalue weighted by atomic mass is 16.3. The summed E-state index contributed by atoms with van der Waals surface area (Å²) in [7, 11) is 0. The maximum absolute atomic E-state index is 9.93. The maximum Gasteiger partial charge on any atom is 0.122 e. The summed E-state index contributed by atoms with van der Waals surface area (Å²) in [4.78, 5) is 0. The number of phenolic OH excluding ortho intramolecular Hbond substituents is 2. The van der Waals surface area contributed by atoms with E-state index in [9.17, 15) is 10.2 Å².